The van der Waals surface area contributed by atoms with Crippen LogP contribution in [0.15, 0.2) is 30.5 Å². The summed E-state index contributed by atoms with van der Waals surface area (Å²) in [5, 5.41) is 17.9. The van der Waals surface area contributed by atoms with Gasteiger partial charge in [0.1, 0.15) is 5.82 Å². The van der Waals surface area contributed by atoms with E-state index in [2.05, 4.69) is 15.4 Å². The third-order valence-electron chi connectivity index (χ3n) is 3.48. The molecule has 122 valence electrons. The molecule has 0 bridgehead atoms. The zero-order valence-electron chi connectivity index (χ0n) is 13.8. The Balaban J connectivity index is 0.00000225. The molecular weight excluding hydrogens is 322 g/mol. The van der Waals surface area contributed by atoms with Crippen LogP contribution in [0.3, 0.4) is 0 Å². The predicted molar refractivity (Wildman–Crippen MR) is 81.8 cm³/mol. The van der Waals surface area contributed by atoms with Gasteiger partial charge >= 0.3 is 18.9 Å². The van der Waals surface area contributed by atoms with E-state index in [1.807, 2.05) is 0 Å². The average Bonchev–Trinajstić information content (AvgIpc) is 2.89. The molecule has 2 heterocycles. The molecule has 0 atom stereocenters. The minimum atomic E-state index is -1.45. The zero-order valence-corrected chi connectivity index (χ0v) is 13.8. The summed E-state index contributed by atoms with van der Waals surface area (Å²) >= 11 is 0. The number of carbonyl (C=O) groups is 2. The normalized spacial score (nSPS) is 10.4. The summed E-state index contributed by atoms with van der Waals surface area (Å²) in [6.07, 6.45) is 1.50. The van der Waals surface area contributed by atoms with Gasteiger partial charge in [0.2, 0.25) is 5.91 Å². The smallest absolute Gasteiger partial charge is 0.545 e. The summed E-state index contributed by atoms with van der Waals surface area (Å²) in [4.78, 5) is 26.3. The van der Waals surface area contributed by atoms with Crippen molar-refractivity contribution in [1.29, 1.82) is 0 Å². The fraction of sp³-hybridized carbons (Fsp3) is 0.125. The summed E-state index contributed by atoms with van der Waals surface area (Å²) in [7, 11) is 0. The Morgan fingerprint density at radius 2 is 2.00 bits per heavy atom. The maximum Gasteiger partial charge on any atom is 1.00 e. The number of hydrogen-bond donors (Lipinski definition) is 1. The summed E-state index contributed by atoms with van der Waals surface area (Å²) < 4.78 is 15.4. The van der Waals surface area contributed by atoms with Crippen molar-refractivity contribution in [2.75, 3.05) is 5.32 Å². The molecular formula is C16H12FLiN4O3. The minimum Gasteiger partial charge on any atom is -0.545 e. The molecule has 0 aliphatic rings. The summed E-state index contributed by atoms with van der Waals surface area (Å²) in [6.45, 7) is 2.73. The molecule has 0 radical (unpaired) electrons. The first-order chi connectivity index (χ1) is 11.3. The van der Waals surface area contributed by atoms with Gasteiger partial charge in [-0.25, -0.2) is 13.9 Å². The number of imidazole rings is 1. The number of nitrogens with one attached hydrogen (secondary N) is 1. The van der Waals surface area contributed by atoms with Crippen molar-refractivity contribution in [3.63, 3.8) is 0 Å². The predicted octanol–water partition coefficient (Wildman–Crippen LogP) is -1.83. The van der Waals surface area contributed by atoms with Crippen LogP contribution in [0.25, 0.3) is 16.9 Å². The van der Waals surface area contributed by atoms with Crippen LogP contribution < -0.4 is 29.3 Å². The van der Waals surface area contributed by atoms with Crippen molar-refractivity contribution in [3.05, 3.63) is 47.4 Å². The van der Waals surface area contributed by atoms with Crippen LogP contribution in [-0.4, -0.2) is 26.5 Å². The molecule has 1 amide bonds. The fourth-order valence-electron chi connectivity index (χ4n) is 2.32. The number of benzene rings is 1. The van der Waals surface area contributed by atoms with E-state index >= 15 is 0 Å². The molecule has 3 rings (SSSR count). The molecule has 0 aliphatic heterocycles. The number of amides is 1. The molecule has 25 heavy (non-hydrogen) atoms. The number of fused-ring (bicyclic) bond motifs is 1. The van der Waals surface area contributed by atoms with E-state index in [0.717, 1.165) is 0 Å². The van der Waals surface area contributed by atoms with E-state index in [-0.39, 0.29) is 35.9 Å². The quantitative estimate of drug-likeness (QED) is 0.568. The van der Waals surface area contributed by atoms with Gasteiger partial charge in [-0.3, -0.25) is 4.79 Å². The van der Waals surface area contributed by atoms with Crippen LogP contribution >= 0.6 is 0 Å². The Morgan fingerprint density at radius 1 is 1.28 bits per heavy atom. The molecule has 0 fully saturated rings. The summed E-state index contributed by atoms with van der Waals surface area (Å²) in [6, 6.07) is 5.74. The van der Waals surface area contributed by atoms with Gasteiger partial charge in [0.05, 0.1) is 17.9 Å². The van der Waals surface area contributed by atoms with Crippen molar-refractivity contribution >= 4 is 23.3 Å². The topological polar surface area (TPSA) is 99.4 Å². The number of hydrogen-bond acceptors (Lipinski definition) is 5. The number of carbonyl (C=O) groups excluding carboxylic acids is 2. The van der Waals surface area contributed by atoms with E-state index in [0.29, 0.717) is 22.7 Å². The molecule has 3 aromatic rings. The van der Waals surface area contributed by atoms with Gasteiger partial charge in [0.25, 0.3) is 0 Å². The number of anilines is 1. The van der Waals surface area contributed by atoms with Gasteiger partial charge in [-0.1, -0.05) is 0 Å². The monoisotopic (exact) mass is 334 g/mol. The fourth-order valence-corrected chi connectivity index (χ4v) is 2.32. The molecule has 0 spiro atoms. The third kappa shape index (κ3) is 3.70. The van der Waals surface area contributed by atoms with Gasteiger partial charge in [0.15, 0.2) is 11.5 Å². The maximum absolute atomic E-state index is 14.0. The van der Waals surface area contributed by atoms with E-state index in [1.165, 1.54) is 36.7 Å². The Bertz CT molecular complexity index is 987. The van der Waals surface area contributed by atoms with E-state index in [1.54, 1.807) is 12.1 Å². The van der Waals surface area contributed by atoms with Crippen molar-refractivity contribution in [3.8, 4) is 11.3 Å². The molecule has 0 aliphatic carbocycles. The number of aromatic nitrogens is 3. The standard InChI is InChI=1S/C16H13FN4O3.Li/c1-8-11(16(23)24)5-10(6-12(8)17)13-3-4-15-19-14(18-9(2)22)7-21(15)20-13;/h3-7H,1-2H3,(H,18,22)(H,23,24);/q;+1/p-1. The van der Waals surface area contributed by atoms with Crippen LogP contribution in [0.1, 0.15) is 22.8 Å². The van der Waals surface area contributed by atoms with E-state index in [9.17, 15) is 19.1 Å². The van der Waals surface area contributed by atoms with Crippen LogP contribution in [0.4, 0.5) is 10.2 Å². The Morgan fingerprint density at radius 3 is 2.64 bits per heavy atom. The number of carboxylic acids is 1. The number of rotatable bonds is 3. The summed E-state index contributed by atoms with van der Waals surface area (Å²) in [5.74, 6) is -2.04. The second kappa shape index (κ2) is 7.05. The minimum absolute atomic E-state index is 0. The molecule has 0 saturated heterocycles. The second-order valence-electron chi connectivity index (χ2n) is 5.25. The molecule has 9 heteroatoms. The Kier molecular flexibility index (Phi) is 5.26. The van der Waals surface area contributed by atoms with Crippen molar-refractivity contribution in [2.24, 2.45) is 0 Å². The van der Waals surface area contributed by atoms with Gasteiger partial charge in [-0.2, -0.15) is 5.10 Å². The molecule has 0 unspecified atom stereocenters. The molecule has 1 aromatic carbocycles. The Labute approximate surface area is 154 Å². The Hall–Kier alpha value is -2.69. The SMILES string of the molecule is CC(=O)Nc1cn2nc(-c3cc(F)c(C)c(C(=O)[O-])c3)ccc2n1.[Li+]. The van der Waals surface area contributed by atoms with Crippen LogP contribution in [0.5, 0.6) is 0 Å². The van der Waals surface area contributed by atoms with E-state index in [4.69, 9.17) is 0 Å². The number of carboxylic acid groups (broad SMARTS) is 1. The number of aromatic carboxylic acids is 1. The van der Waals surface area contributed by atoms with Crippen LogP contribution in [-0.2, 0) is 4.79 Å². The molecule has 7 nitrogen and oxygen atoms in total. The average molecular weight is 334 g/mol. The molecule has 1 N–H and O–H groups in total. The van der Waals surface area contributed by atoms with Gasteiger partial charge in [-0.15, -0.1) is 0 Å². The van der Waals surface area contributed by atoms with Gasteiger partial charge < -0.3 is 15.2 Å². The van der Waals surface area contributed by atoms with Gasteiger partial charge in [0, 0.05) is 18.1 Å². The second-order valence-corrected chi connectivity index (χ2v) is 5.25. The first-order valence-electron chi connectivity index (χ1n) is 7.01. The maximum atomic E-state index is 14.0. The molecule has 2 aromatic heterocycles. The van der Waals surface area contributed by atoms with Crippen LogP contribution in [0, 0.1) is 12.7 Å². The van der Waals surface area contributed by atoms with E-state index < -0.39 is 11.8 Å². The van der Waals surface area contributed by atoms with Crippen molar-refractivity contribution < 1.29 is 37.9 Å². The zero-order chi connectivity index (χ0) is 17.4. The number of halogens is 1. The van der Waals surface area contributed by atoms with Crippen LogP contribution in [0.2, 0.25) is 0 Å². The first kappa shape index (κ1) is 18.6. The molecule has 0 saturated carbocycles. The number of nitrogens with zero attached hydrogens (tertiary/aromatic N) is 3. The summed E-state index contributed by atoms with van der Waals surface area (Å²) in [5.41, 5.74) is 0.923. The van der Waals surface area contributed by atoms with Gasteiger partial charge in [-0.05, 0) is 36.8 Å². The first-order valence-corrected chi connectivity index (χ1v) is 7.01. The third-order valence-corrected chi connectivity index (χ3v) is 3.48. The largest absolute Gasteiger partial charge is 1.00 e. The van der Waals surface area contributed by atoms with Crippen molar-refractivity contribution in [1.82, 2.24) is 14.6 Å². The van der Waals surface area contributed by atoms with Crippen molar-refractivity contribution in [2.45, 2.75) is 13.8 Å².